The standard InChI is InChI=1S/C26H33FN4O2/c1-19-15-20(2)17-22(16-19)28-25(32)18-29-9-7-21(8-10-29)26(33)31-13-11-30(12-14-31)24-6-4-3-5-23(24)27/h3-6,15-17,21H,7-14,18H2,1-2H3,(H,28,32). The highest BCUT2D eigenvalue weighted by Gasteiger charge is 2.31. The van der Waals surface area contributed by atoms with Crippen molar-refractivity contribution >= 4 is 23.2 Å². The molecule has 0 saturated carbocycles. The number of piperidine rings is 1. The van der Waals surface area contributed by atoms with Crippen LogP contribution in [0, 0.1) is 25.6 Å². The van der Waals surface area contributed by atoms with Crippen LogP contribution in [0.2, 0.25) is 0 Å². The van der Waals surface area contributed by atoms with E-state index in [4.69, 9.17) is 0 Å². The zero-order valence-corrected chi connectivity index (χ0v) is 19.5. The summed E-state index contributed by atoms with van der Waals surface area (Å²) in [4.78, 5) is 31.6. The van der Waals surface area contributed by atoms with Gasteiger partial charge < -0.3 is 15.1 Å². The molecule has 0 aliphatic carbocycles. The molecular weight excluding hydrogens is 419 g/mol. The average Bonchev–Trinajstić information content (AvgIpc) is 2.79. The molecule has 2 amide bonds. The van der Waals surface area contributed by atoms with Crippen molar-refractivity contribution in [3.05, 3.63) is 59.4 Å². The Bertz CT molecular complexity index is 975. The molecule has 33 heavy (non-hydrogen) atoms. The number of halogens is 1. The predicted octanol–water partition coefficient (Wildman–Crippen LogP) is 3.44. The van der Waals surface area contributed by atoms with Gasteiger partial charge >= 0.3 is 0 Å². The SMILES string of the molecule is Cc1cc(C)cc(NC(=O)CN2CCC(C(=O)N3CCN(c4ccccc4F)CC3)CC2)c1. The third-order valence-electron chi connectivity index (χ3n) is 6.59. The Balaban J connectivity index is 1.21. The number of aryl methyl sites for hydroxylation is 2. The number of hydrogen-bond donors (Lipinski definition) is 1. The molecular formula is C26H33FN4O2. The molecule has 6 nitrogen and oxygen atoms in total. The molecule has 2 aliphatic heterocycles. The lowest BCUT2D eigenvalue weighted by Crippen LogP contribution is -2.52. The summed E-state index contributed by atoms with van der Waals surface area (Å²) < 4.78 is 14.0. The molecule has 0 radical (unpaired) electrons. The Morgan fingerprint density at radius 1 is 0.939 bits per heavy atom. The Labute approximate surface area is 195 Å². The second-order valence-electron chi connectivity index (χ2n) is 9.24. The van der Waals surface area contributed by atoms with E-state index in [1.54, 1.807) is 12.1 Å². The highest BCUT2D eigenvalue weighted by Crippen LogP contribution is 2.24. The molecule has 0 spiro atoms. The fourth-order valence-corrected chi connectivity index (χ4v) is 4.92. The fraction of sp³-hybridized carbons (Fsp3) is 0.462. The van der Waals surface area contributed by atoms with Gasteiger partial charge in [0.2, 0.25) is 11.8 Å². The lowest BCUT2D eigenvalue weighted by molar-refractivity contribution is -0.137. The van der Waals surface area contributed by atoms with E-state index in [1.165, 1.54) is 6.07 Å². The summed E-state index contributed by atoms with van der Waals surface area (Å²) in [6, 6.07) is 12.8. The molecule has 1 N–H and O–H groups in total. The molecule has 2 aliphatic rings. The summed E-state index contributed by atoms with van der Waals surface area (Å²) in [5.41, 5.74) is 3.69. The maximum atomic E-state index is 14.0. The van der Waals surface area contributed by atoms with Gasteiger partial charge in [-0.2, -0.15) is 0 Å². The molecule has 4 rings (SSSR count). The molecule has 2 fully saturated rings. The van der Waals surface area contributed by atoms with E-state index in [0.29, 0.717) is 38.4 Å². The van der Waals surface area contributed by atoms with E-state index < -0.39 is 0 Å². The van der Waals surface area contributed by atoms with Crippen molar-refractivity contribution in [2.45, 2.75) is 26.7 Å². The zero-order chi connectivity index (χ0) is 23.4. The minimum Gasteiger partial charge on any atom is -0.366 e. The van der Waals surface area contributed by atoms with E-state index in [1.807, 2.05) is 41.8 Å². The van der Waals surface area contributed by atoms with Crippen molar-refractivity contribution < 1.29 is 14.0 Å². The van der Waals surface area contributed by atoms with E-state index >= 15 is 0 Å². The maximum Gasteiger partial charge on any atom is 0.238 e. The maximum absolute atomic E-state index is 14.0. The number of para-hydroxylation sites is 1. The molecule has 0 atom stereocenters. The molecule has 7 heteroatoms. The Hall–Kier alpha value is -2.93. The first-order valence-electron chi connectivity index (χ1n) is 11.8. The van der Waals surface area contributed by atoms with Crippen LogP contribution >= 0.6 is 0 Å². The monoisotopic (exact) mass is 452 g/mol. The number of amides is 2. The molecule has 2 aromatic rings. The van der Waals surface area contributed by atoms with Crippen molar-refractivity contribution in [2.24, 2.45) is 5.92 Å². The van der Waals surface area contributed by atoms with Crippen LogP contribution in [0.4, 0.5) is 15.8 Å². The zero-order valence-electron chi connectivity index (χ0n) is 19.5. The van der Waals surface area contributed by atoms with Gasteiger partial charge in [0, 0.05) is 37.8 Å². The number of benzene rings is 2. The van der Waals surface area contributed by atoms with Crippen molar-refractivity contribution in [3.8, 4) is 0 Å². The predicted molar refractivity (Wildman–Crippen MR) is 129 cm³/mol. The van der Waals surface area contributed by atoms with Crippen molar-refractivity contribution in [1.82, 2.24) is 9.80 Å². The summed E-state index contributed by atoms with van der Waals surface area (Å²) >= 11 is 0. The molecule has 0 aromatic heterocycles. The topological polar surface area (TPSA) is 55.9 Å². The van der Waals surface area contributed by atoms with Crippen LogP contribution in [-0.4, -0.2) is 67.4 Å². The van der Waals surface area contributed by atoms with E-state index in [9.17, 15) is 14.0 Å². The van der Waals surface area contributed by atoms with Crippen LogP contribution in [0.5, 0.6) is 0 Å². The van der Waals surface area contributed by atoms with Crippen molar-refractivity contribution in [2.75, 3.05) is 56.0 Å². The summed E-state index contributed by atoms with van der Waals surface area (Å²) in [7, 11) is 0. The van der Waals surface area contributed by atoms with Crippen LogP contribution < -0.4 is 10.2 Å². The number of anilines is 2. The minimum absolute atomic E-state index is 0.00347. The van der Waals surface area contributed by atoms with Crippen LogP contribution in [-0.2, 0) is 9.59 Å². The van der Waals surface area contributed by atoms with Gasteiger partial charge in [-0.05, 0) is 75.2 Å². The number of rotatable bonds is 5. The molecule has 2 heterocycles. The number of piperazine rings is 1. The van der Waals surface area contributed by atoms with E-state index in [-0.39, 0.29) is 23.5 Å². The summed E-state index contributed by atoms with van der Waals surface area (Å²) in [6.07, 6.45) is 1.53. The molecule has 0 unspecified atom stereocenters. The van der Waals surface area contributed by atoms with E-state index in [0.717, 1.165) is 42.7 Å². The number of likely N-dealkylation sites (tertiary alicyclic amines) is 1. The summed E-state index contributed by atoms with van der Waals surface area (Å²) in [5.74, 6) is -0.0356. The average molecular weight is 453 g/mol. The lowest BCUT2D eigenvalue weighted by atomic mass is 9.95. The Kier molecular flexibility index (Phi) is 7.28. The number of carbonyl (C=O) groups excluding carboxylic acids is 2. The normalized spacial score (nSPS) is 17.8. The van der Waals surface area contributed by atoms with Gasteiger partial charge in [0.25, 0.3) is 0 Å². The van der Waals surface area contributed by atoms with Gasteiger partial charge in [0.1, 0.15) is 5.82 Å². The highest BCUT2D eigenvalue weighted by molar-refractivity contribution is 5.92. The number of nitrogens with one attached hydrogen (secondary N) is 1. The second kappa shape index (κ2) is 10.3. The van der Waals surface area contributed by atoms with Crippen molar-refractivity contribution in [1.29, 1.82) is 0 Å². The first-order valence-corrected chi connectivity index (χ1v) is 11.8. The number of hydrogen-bond acceptors (Lipinski definition) is 4. The van der Waals surface area contributed by atoms with Crippen LogP contribution in [0.25, 0.3) is 0 Å². The highest BCUT2D eigenvalue weighted by atomic mass is 19.1. The molecule has 176 valence electrons. The first kappa shape index (κ1) is 23.2. The Morgan fingerprint density at radius 2 is 1.58 bits per heavy atom. The third-order valence-corrected chi connectivity index (χ3v) is 6.59. The molecule has 0 bridgehead atoms. The third kappa shape index (κ3) is 5.90. The Morgan fingerprint density at radius 3 is 2.21 bits per heavy atom. The first-order chi connectivity index (χ1) is 15.9. The summed E-state index contributed by atoms with van der Waals surface area (Å²) in [5, 5.41) is 2.99. The van der Waals surface area contributed by atoms with Crippen molar-refractivity contribution in [3.63, 3.8) is 0 Å². The second-order valence-corrected chi connectivity index (χ2v) is 9.24. The van der Waals surface area contributed by atoms with Crippen LogP contribution in [0.1, 0.15) is 24.0 Å². The van der Waals surface area contributed by atoms with Crippen LogP contribution in [0.15, 0.2) is 42.5 Å². The fourth-order valence-electron chi connectivity index (χ4n) is 4.92. The van der Waals surface area contributed by atoms with Crippen LogP contribution in [0.3, 0.4) is 0 Å². The number of carbonyl (C=O) groups is 2. The molecule has 2 aromatic carbocycles. The lowest BCUT2D eigenvalue weighted by Gasteiger charge is -2.39. The van der Waals surface area contributed by atoms with Gasteiger partial charge in [-0.1, -0.05) is 18.2 Å². The van der Waals surface area contributed by atoms with Gasteiger partial charge in [-0.25, -0.2) is 4.39 Å². The quantitative estimate of drug-likeness (QED) is 0.755. The summed E-state index contributed by atoms with van der Waals surface area (Å²) in [6.45, 7) is 8.38. The van der Waals surface area contributed by atoms with Gasteiger partial charge in [0.15, 0.2) is 0 Å². The smallest absolute Gasteiger partial charge is 0.238 e. The van der Waals surface area contributed by atoms with E-state index in [2.05, 4.69) is 16.3 Å². The number of nitrogens with zero attached hydrogens (tertiary/aromatic N) is 3. The molecule has 2 saturated heterocycles. The minimum atomic E-state index is -0.216. The van der Waals surface area contributed by atoms with Gasteiger partial charge in [-0.3, -0.25) is 14.5 Å². The van der Waals surface area contributed by atoms with Gasteiger partial charge in [0.05, 0.1) is 12.2 Å². The largest absolute Gasteiger partial charge is 0.366 e. The van der Waals surface area contributed by atoms with Gasteiger partial charge in [-0.15, -0.1) is 0 Å².